The van der Waals surface area contributed by atoms with Gasteiger partial charge < -0.3 is 9.84 Å². The van der Waals surface area contributed by atoms with E-state index in [0.29, 0.717) is 34.7 Å². The molecule has 0 unspecified atom stereocenters. The lowest BCUT2D eigenvalue weighted by atomic mass is 9.97. The second kappa shape index (κ2) is 9.53. The van der Waals surface area contributed by atoms with Crippen molar-refractivity contribution in [3.63, 3.8) is 0 Å². The molecule has 0 atom stereocenters. The van der Waals surface area contributed by atoms with E-state index in [1.807, 2.05) is 31.2 Å². The number of benzene rings is 2. The number of aromatic carboxylic acids is 1. The van der Waals surface area contributed by atoms with Crippen molar-refractivity contribution in [3.05, 3.63) is 82.9 Å². The van der Waals surface area contributed by atoms with Crippen molar-refractivity contribution in [1.82, 2.24) is 4.98 Å². The monoisotopic (exact) mass is 407 g/mol. The fourth-order valence-corrected chi connectivity index (χ4v) is 3.46. The Kier molecular flexibility index (Phi) is 6.83. The lowest BCUT2D eigenvalue weighted by molar-refractivity contribution is 0.0693. The van der Waals surface area contributed by atoms with E-state index in [0.717, 1.165) is 12.0 Å². The maximum Gasteiger partial charge on any atom is 0.337 e. The third-order valence-electron chi connectivity index (χ3n) is 4.97. The molecule has 0 spiro atoms. The minimum Gasteiger partial charge on any atom is -0.487 e. The Morgan fingerprint density at radius 1 is 1.07 bits per heavy atom. The third kappa shape index (κ3) is 4.67. The van der Waals surface area contributed by atoms with Gasteiger partial charge in [0.2, 0.25) is 0 Å². The van der Waals surface area contributed by atoms with Crippen molar-refractivity contribution in [2.75, 3.05) is 0 Å². The number of para-hydroxylation sites is 1. The molecule has 4 nitrogen and oxygen atoms in total. The topological polar surface area (TPSA) is 59.4 Å². The largest absolute Gasteiger partial charge is 0.487 e. The molecule has 0 fully saturated rings. The summed E-state index contributed by atoms with van der Waals surface area (Å²) >= 11 is 0. The van der Waals surface area contributed by atoms with Gasteiger partial charge in [0.25, 0.3) is 0 Å². The summed E-state index contributed by atoms with van der Waals surface area (Å²) in [5, 5.41) is 9.78. The average molecular weight is 407 g/mol. The zero-order valence-corrected chi connectivity index (χ0v) is 17.5. The molecule has 0 aliphatic heterocycles. The predicted octanol–water partition coefficient (Wildman–Crippen LogP) is 6.24. The van der Waals surface area contributed by atoms with Crippen molar-refractivity contribution in [3.8, 4) is 16.9 Å². The number of aromatic nitrogens is 1. The van der Waals surface area contributed by atoms with Crippen molar-refractivity contribution in [1.29, 1.82) is 0 Å². The number of carboxylic acids is 1. The highest BCUT2D eigenvalue weighted by Gasteiger charge is 2.20. The van der Waals surface area contributed by atoms with Crippen LogP contribution < -0.4 is 4.74 Å². The lowest BCUT2D eigenvalue weighted by Crippen LogP contribution is -2.12. The summed E-state index contributed by atoms with van der Waals surface area (Å²) in [6.07, 6.45) is 1.41. The van der Waals surface area contributed by atoms with E-state index < -0.39 is 11.8 Å². The third-order valence-corrected chi connectivity index (χ3v) is 4.97. The number of ether oxygens (including phenoxy) is 1. The molecular weight excluding hydrogens is 381 g/mol. The van der Waals surface area contributed by atoms with Crippen molar-refractivity contribution < 1.29 is 19.0 Å². The summed E-state index contributed by atoms with van der Waals surface area (Å²) < 4.78 is 20.4. The fraction of sp³-hybridized carbons (Fsp3) is 0.280. The molecule has 0 radical (unpaired) electrons. The molecule has 0 saturated heterocycles. The Morgan fingerprint density at radius 3 is 2.43 bits per heavy atom. The molecule has 2 aromatic carbocycles. The number of hydrogen-bond acceptors (Lipinski definition) is 3. The van der Waals surface area contributed by atoms with Gasteiger partial charge in [0.1, 0.15) is 18.2 Å². The van der Waals surface area contributed by atoms with Crippen LogP contribution in [0.2, 0.25) is 0 Å². The first-order chi connectivity index (χ1) is 14.4. The van der Waals surface area contributed by atoms with Gasteiger partial charge in [0, 0.05) is 16.8 Å². The highest BCUT2D eigenvalue weighted by Crippen LogP contribution is 2.30. The highest BCUT2D eigenvalue weighted by atomic mass is 19.1. The van der Waals surface area contributed by atoms with E-state index in [2.05, 4.69) is 18.8 Å². The minimum atomic E-state index is -1.11. The van der Waals surface area contributed by atoms with Gasteiger partial charge >= 0.3 is 5.97 Å². The molecule has 1 heterocycles. The van der Waals surface area contributed by atoms with Crippen LogP contribution in [0.1, 0.15) is 60.4 Å². The van der Waals surface area contributed by atoms with E-state index in [4.69, 9.17) is 4.74 Å². The SMILES string of the molecule is CCCc1nc(COc2ccccc2C(C)C)c(C(=O)O)cc1-c1ccccc1F. The fourth-order valence-electron chi connectivity index (χ4n) is 3.46. The Bertz CT molecular complexity index is 1050. The lowest BCUT2D eigenvalue weighted by Gasteiger charge is -2.17. The number of nitrogens with zero attached hydrogens (tertiary/aromatic N) is 1. The summed E-state index contributed by atoms with van der Waals surface area (Å²) in [6, 6.07) is 15.6. The molecule has 0 saturated carbocycles. The minimum absolute atomic E-state index is 0.0233. The molecule has 3 aromatic rings. The maximum atomic E-state index is 14.4. The first-order valence-electron chi connectivity index (χ1n) is 10.1. The van der Waals surface area contributed by atoms with Crippen LogP contribution in [0.25, 0.3) is 11.1 Å². The molecule has 1 N–H and O–H groups in total. The summed E-state index contributed by atoms with van der Waals surface area (Å²) in [5.74, 6) is -0.533. The van der Waals surface area contributed by atoms with E-state index >= 15 is 0 Å². The Morgan fingerprint density at radius 2 is 1.77 bits per heavy atom. The summed E-state index contributed by atoms with van der Waals surface area (Å²) in [6.45, 7) is 6.18. The number of carbonyl (C=O) groups is 1. The van der Waals surface area contributed by atoms with Gasteiger partial charge in [-0.15, -0.1) is 0 Å². The van der Waals surface area contributed by atoms with Crippen molar-refractivity contribution in [2.24, 2.45) is 0 Å². The van der Waals surface area contributed by atoms with E-state index in [-0.39, 0.29) is 18.1 Å². The van der Waals surface area contributed by atoms with Gasteiger partial charge in [-0.25, -0.2) is 9.18 Å². The molecule has 0 bridgehead atoms. The molecule has 0 amide bonds. The number of hydrogen-bond donors (Lipinski definition) is 1. The molecule has 0 aliphatic rings. The van der Waals surface area contributed by atoms with Crippen LogP contribution >= 0.6 is 0 Å². The Balaban J connectivity index is 2.04. The summed E-state index contributed by atoms with van der Waals surface area (Å²) in [7, 11) is 0. The van der Waals surface area contributed by atoms with Crippen LogP contribution in [0, 0.1) is 5.82 Å². The van der Waals surface area contributed by atoms with Gasteiger partial charge in [-0.1, -0.05) is 63.6 Å². The number of pyridine rings is 1. The molecule has 1 aromatic heterocycles. The van der Waals surface area contributed by atoms with Gasteiger partial charge in [0.15, 0.2) is 0 Å². The number of halogens is 1. The van der Waals surface area contributed by atoms with Gasteiger partial charge in [-0.3, -0.25) is 4.98 Å². The van der Waals surface area contributed by atoms with Crippen LogP contribution in [0.4, 0.5) is 4.39 Å². The van der Waals surface area contributed by atoms with Crippen molar-refractivity contribution in [2.45, 2.75) is 46.1 Å². The molecule has 30 heavy (non-hydrogen) atoms. The Hall–Kier alpha value is -3.21. The van der Waals surface area contributed by atoms with Crippen LogP contribution in [0.3, 0.4) is 0 Å². The van der Waals surface area contributed by atoms with Crippen LogP contribution in [-0.4, -0.2) is 16.1 Å². The van der Waals surface area contributed by atoms with Crippen molar-refractivity contribution >= 4 is 5.97 Å². The zero-order valence-electron chi connectivity index (χ0n) is 17.5. The highest BCUT2D eigenvalue weighted by molar-refractivity contribution is 5.91. The standard InChI is InChI=1S/C25H26FNO3/c1-4-9-22-19(18-11-5-7-12-21(18)26)14-20(25(28)29)23(27-22)15-30-24-13-8-6-10-17(24)16(2)3/h5-8,10-14,16H,4,9,15H2,1-3H3,(H,28,29). The van der Waals surface area contributed by atoms with E-state index in [1.165, 1.54) is 12.1 Å². The van der Waals surface area contributed by atoms with E-state index in [1.54, 1.807) is 18.2 Å². The molecule has 5 heteroatoms. The molecule has 3 rings (SSSR count). The predicted molar refractivity (Wildman–Crippen MR) is 115 cm³/mol. The second-order valence-corrected chi connectivity index (χ2v) is 7.49. The second-order valence-electron chi connectivity index (χ2n) is 7.49. The zero-order chi connectivity index (χ0) is 21.7. The summed E-state index contributed by atoms with van der Waals surface area (Å²) in [4.78, 5) is 16.6. The molecule has 156 valence electrons. The van der Waals surface area contributed by atoms with Gasteiger partial charge in [0.05, 0.1) is 11.3 Å². The first kappa shape index (κ1) is 21.5. The Labute approximate surface area is 176 Å². The average Bonchev–Trinajstić information content (AvgIpc) is 2.73. The first-order valence-corrected chi connectivity index (χ1v) is 10.1. The van der Waals surface area contributed by atoms with Crippen LogP contribution in [0.15, 0.2) is 54.6 Å². The van der Waals surface area contributed by atoms with Crippen LogP contribution in [0.5, 0.6) is 5.75 Å². The van der Waals surface area contributed by atoms with Gasteiger partial charge in [-0.2, -0.15) is 0 Å². The van der Waals surface area contributed by atoms with Crippen LogP contribution in [-0.2, 0) is 13.0 Å². The molecule has 0 aliphatic carbocycles. The number of carboxylic acid groups (broad SMARTS) is 1. The maximum absolute atomic E-state index is 14.4. The normalized spacial score (nSPS) is 11.0. The smallest absolute Gasteiger partial charge is 0.337 e. The number of aryl methyl sites for hydroxylation is 1. The van der Waals surface area contributed by atoms with Gasteiger partial charge in [-0.05, 0) is 36.1 Å². The quantitative estimate of drug-likeness (QED) is 0.480. The molecular formula is C25H26FNO3. The number of rotatable bonds is 8. The summed E-state index contributed by atoms with van der Waals surface area (Å²) in [5.41, 5.74) is 2.95. The van der Waals surface area contributed by atoms with E-state index in [9.17, 15) is 14.3 Å².